The van der Waals surface area contributed by atoms with Gasteiger partial charge in [0, 0.05) is 16.6 Å². The number of hydrogen-bond acceptors (Lipinski definition) is 7. The van der Waals surface area contributed by atoms with Crippen LogP contribution in [0, 0.1) is 0 Å². The molecule has 0 aliphatic carbocycles. The monoisotopic (exact) mass is 397 g/mol. The van der Waals surface area contributed by atoms with E-state index in [0.29, 0.717) is 33.6 Å². The van der Waals surface area contributed by atoms with Crippen LogP contribution in [0.1, 0.15) is 10.4 Å². The Labute approximate surface area is 170 Å². The van der Waals surface area contributed by atoms with E-state index >= 15 is 0 Å². The van der Waals surface area contributed by atoms with Crippen LogP contribution in [0.3, 0.4) is 0 Å². The van der Waals surface area contributed by atoms with Crippen LogP contribution < -0.4 is 11.1 Å². The van der Waals surface area contributed by atoms with Crippen LogP contribution in [-0.2, 0) is 0 Å². The number of amides is 1. The lowest BCUT2D eigenvalue weighted by Gasteiger charge is -2.09. The highest BCUT2D eigenvalue weighted by Crippen LogP contribution is 2.27. The summed E-state index contributed by atoms with van der Waals surface area (Å²) in [5, 5.41) is 11.1. The summed E-state index contributed by atoms with van der Waals surface area (Å²) in [6.45, 7) is 0. The van der Waals surface area contributed by atoms with E-state index in [4.69, 9.17) is 14.6 Å². The number of aromatic nitrogens is 3. The Kier molecular flexibility index (Phi) is 4.21. The molecule has 2 aromatic carbocycles. The lowest BCUT2D eigenvalue weighted by Crippen LogP contribution is -2.13. The summed E-state index contributed by atoms with van der Waals surface area (Å²) in [5.41, 5.74) is 9.07. The topological polar surface area (TPSA) is 120 Å². The first kappa shape index (κ1) is 17.6. The van der Waals surface area contributed by atoms with Gasteiger partial charge in [-0.05, 0) is 36.4 Å². The van der Waals surface area contributed by atoms with Crippen LogP contribution in [-0.4, -0.2) is 21.1 Å². The van der Waals surface area contributed by atoms with Crippen molar-refractivity contribution in [1.29, 1.82) is 0 Å². The van der Waals surface area contributed by atoms with E-state index in [2.05, 4.69) is 20.5 Å². The van der Waals surface area contributed by atoms with Crippen LogP contribution in [0.4, 0.5) is 11.7 Å². The third-order valence-electron chi connectivity index (χ3n) is 4.54. The molecule has 0 aliphatic rings. The molecule has 1 amide bonds. The summed E-state index contributed by atoms with van der Waals surface area (Å²) in [5.74, 6) is 0.209. The zero-order valence-corrected chi connectivity index (χ0v) is 15.6. The van der Waals surface area contributed by atoms with Gasteiger partial charge in [0.05, 0.1) is 23.0 Å². The Morgan fingerprint density at radius 1 is 0.967 bits per heavy atom. The summed E-state index contributed by atoms with van der Waals surface area (Å²) in [6.07, 6.45) is 1.50. The number of pyridine rings is 1. The fraction of sp³-hybridized carbons (Fsp3) is 0. The van der Waals surface area contributed by atoms with E-state index in [9.17, 15) is 4.79 Å². The minimum Gasteiger partial charge on any atom is -0.459 e. The number of nitrogens with zero attached hydrogens (tertiary/aromatic N) is 3. The van der Waals surface area contributed by atoms with Crippen molar-refractivity contribution in [3.8, 4) is 22.9 Å². The SMILES string of the molecule is Nc1ccc(-c2cc(C(=O)Nc3nnc(-c4ccco4)o3)c3ccccc3n2)cc1. The first-order valence-electron chi connectivity index (χ1n) is 9.12. The van der Waals surface area contributed by atoms with Crippen LogP contribution >= 0.6 is 0 Å². The number of rotatable bonds is 4. The van der Waals surface area contributed by atoms with Gasteiger partial charge in [0.1, 0.15) is 0 Å². The molecular formula is C22H15N5O3. The van der Waals surface area contributed by atoms with Gasteiger partial charge in [-0.3, -0.25) is 10.1 Å². The molecule has 0 spiro atoms. The fourth-order valence-electron chi connectivity index (χ4n) is 3.10. The van der Waals surface area contributed by atoms with Crippen molar-refractivity contribution in [3.05, 3.63) is 78.6 Å². The van der Waals surface area contributed by atoms with Crippen LogP contribution in [0.5, 0.6) is 0 Å². The smallest absolute Gasteiger partial charge is 0.322 e. The number of anilines is 2. The van der Waals surface area contributed by atoms with Gasteiger partial charge < -0.3 is 14.6 Å². The third kappa shape index (κ3) is 3.26. The number of nitrogens with one attached hydrogen (secondary N) is 1. The summed E-state index contributed by atoms with van der Waals surface area (Å²) in [4.78, 5) is 17.7. The van der Waals surface area contributed by atoms with Crippen molar-refractivity contribution in [2.75, 3.05) is 11.1 Å². The maximum absolute atomic E-state index is 13.1. The van der Waals surface area contributed by atoms with Gasteiger partial charge in [0.2, 0.25) is 0 Å². The van der Waals surface area contributed by atoms with E-state index in [-0.39, 0.29) is 17.8 Å². The third-order valence-corrected chi connectivity index (χ3v) is 4.54. The first-order valence-corrected chi connectivity index (χ1v) is 9.12. The van der Waals surface area contributed by atoms with Gasteiger partial charge in [0.15, 0.2) is 5.76 Å². The molecule has 8 heteroatoms. The Morgan fingerprint density at radius 2 is 1.80 bits per heavy atom. The minimum absolute atomic E-state index is 0.0265. The Morgan fingerprint density at radius 3 is 2.60 bits per heavy atom. The summed E-state index contributed by atoms with van der Waals surface area (Å²) in [6, 6.07) is 19.8. The molecule has 5 rings (SSSR count). The molecule has 3 heterocycles. The number of nitrogen functional groups attached to an aromatic ring is 1. The minimum atomic E-state index is -0.389. The molecule has 0 radical (unpaired) electrons. The van der Waals surface area contributed by atoms with Gasteiger partial charge in [-0.1, -0.05) is 35.4 Å². The maximum Gasteiger partial charge on any atom is 0.322 e. The van der Waals surface area contributed by atoms with Gasteiger partial charge in [-0.15, -0.1) is 5.10 Å². The molecule has 0 saturated heterocycles. The quantitative estimate of drug-likeness (QED) is 0.432. The molecular weight excluding hydrogens is 382 g/mol. The largest absolute Gasteiger partial charge is 0.459 e. The van der Waals surface area contributed by atoms with Crippen LogP contribution in [0.2, 0.25) is 0 Å². The summed E-state index contributed by atoms with van der Waals surface area (Å²) < 4.78 is 10.7. The Balaban J connectivity index is 1.52. The molecule has 30 heavy (non-hydrogen) atoms. The average Bonchev–Trinajstić information content (AvgIpc) is 3.45. The number of hydrogen-bond donors (Lipinski definition) is 2. The molecule has 146 valence electrons. The summed E-state index contributed by atoms with van der Waals surface area (Å²) in [7, 11) is 0. The summed E-state index contributed by atoms with van der Waals surface area (Å²) >= 11 is 0. The molecule has 0 atom stereocenters. The molecule has 0 saturated carbocycles. The number of carbonyl (C=O) groups excluding carboxylic acids is 1. The Hall–Kier alpha value is -4.46. The van der Waals surface area contributed by atoms with Crippen molar-refractivity contribution >= 4 is 28.5 Å². The molecule has 0 fully saturated rings. The van der Waals surface area contributed by atoms with E-state index < -0.39 is 0 Å². The van der Waals surface area contributed by atoms with Crippen LogP contribution in [0.15, 0.2) is 81.8 Å². The van der Waals surface area contributed by atoms with E-state index in [0.717, 1.165) is 5.56 Å². The number of carbonyl (C=O) groups is 1. The van der Waals surface area contributed by atoms with E-state index in [1.807, 2.05) is 36.4 Å². The number of fused-ring (bicyclic) bond motifs is 1. The van der Waals surface area contributed by atoms with Crippen molar-refractivity contribution in [2.45, 2.75) is 0 Å². The van der Waals surface area contributed by atoms with E-state index in [1.54, 1.807) is 30.3 Å². The molecule has 5 aromatic rings. The molecule has 8 nitrogen and oxygen atoms in total. The predicted molar refractivity (Wildman–Crippen MR) is 112 cm³/mol. The van der Waals surface area contributed by atoms with Gasteiger partial charge in [-0.2, -0.15) is 0 Å². The number of nitrogens with two attached hydrogens (primary N) is 1. The van der Waals surface area contributed by atoms with Crippen molar-refractivity contribution in [1.82, 2.24) is 15.2 Å². The van der Waals surface area contributed by atoms with Gasteiger partial charge in [-0.25, -0.2) is 4.98 Å². The number of benzene rings is 2. The predicted octanol–water partition coefficient (Wildman–Crippen LogP) is 4.38. The highest BCUT2D eigenvalue weighted by Gasteiger charge is 2.18. The molecule has 0 unspecified atom stereocenters. The zero-order chi connectivity index (χ0) is 20.5. The molecule has 0 bridgehead atoms. The standard InChI is InChI=1S/C22H15N5O3/c23-14-9-7-13(8-10-14)18-12-16(15-4-1-2-5-17(15)24-18)20(28)25-22-27-26-21(30-22)19-6-3-11-29-19/h1-12H,23H2,(H,25,27,28). The second kappa shape index (κ2) is 7.17. The van der Waals surface area contributed by atoms with Crippen LogP contribution in [0.25, 0.3) is 33.8 Å². The highest BCUT2D eigenvalue weighted by atomic mass is 16.4. The lowest BCUT2D eigenvalue weighted by molar-refractivity contribution is 0.102. The van der Waals surface area contributed by atoms with Crippen molar-refractivity contribution < 1.29 is 13.6 Å². The average molecular weight is 397 g/mol. The number of para-hydroxylation sites is 1. The second-order valence-corrected chi connectivity index (χ2v) is 6.54. The first-order chi connectivity index (χ1) is 14.7. The zero-order valence-electron chi connectivity index (χ0n) is 15.6. The second-order valence-electron chi connectivity index (χ2n) is 6.54. The molecule has 3 N–H and O–H groups in total. The lowest BCUT2D eigenvalue weighted by atomic mass is 10.0. The van der Waals surface area contributed by atoms with Crippen molar-refractivity contribution in [2.24, 2.45) is 0 Å². The number of furan rings is 1. The Bertz CT molecular complexity index is 1340. The van der Waals surface area contributed by atoms with E-state index in [1.165, 1.54) is 6.26 Å². The van der Waals surface area contributed by atoms with Gasteiger partial charge in [0.25, 0.3) is 11.8 Å². The highest BCUT2D eigenvalue weighted by molar-refractivity contribution is 6.12. The maximum atomic E-state index is 13.1. The van der Waals surface area contributed by atoms with Crippen molar-refractivity contribution in [3.63, 3.8) is 0 Å². The van der Waals surface area contributed by atoms with Gasteiger partial charge >= 0.3 is 6.01 Å². The molecule has 0 aliphatic heterocycles. The normalized spacial score (nSPS) is 10.9. The molecule has 3 aromatic heterocycles. The fourth-order valence-corrected chi connectivity index (χ4v) is 3.10.